The maximum atomic E-state index is 13.8. The molecule has 0 spiro atoms. The van der Waals surface area contributed by atoms with Gasteiger partial charge in [-0.05, 0) is 97.4 Å². The number of aromatic nitrogens is 4. The Morgan fingerprint density at radius 3 is 2.38 bits per heavy atom. The van der Waals surface area contributed by atoms with Crippen LogP contribution in [0.4, 0.5) is 10.6 Å². The SMILES string of the molecule is CCOC(=O)c1cn(-c2ccc(-c3cc4ccccc4n3C(=O)OC(C)(C)C)nc2)nc1N(C(=O)C1CCC(C)CC1)C(C)C. The van der Waals surface area contributed by atoms with Gasteiger partial charge in [-0.15, -0.1) is 5.10 Å². The number of carbonyl (C=O) groups is 3. The van der Waals surface area contributed by atoms with Crippen LogP contribution in [0.3, 0.4) is 0 Å². The summed E-state index contributed by atoms with van der Waals surface area (Å²) in [4.78, 5) is 46.6. The molecule has 45 heavy (non-hydrogen) atoms. The number of amides is 1. The van der Waals surface area contributed by atoms with Crippen molar-refractivity contribution < 1.29 is 23.9 Å². The van der Waals surface area contributed by atoms with E-state index >= 15 is 0 Å². The molecule has 0 radical (unpaired) electrons. The molecule has 1 saturated carbocycles. The monoisotopic (exact) mass is 613 g/mol. The Labute approximate surface area is 264 Å². The summed E-state index contributed by atoms with van der Waals surface area (Å²) in [6.07, 6.45) is 6.38. The van der Waals surface area contributed by atoms with Crippen molar-refractivity contribution in [3.8, 4) is 17.1 Å². The zero-order valence-corrected chi connectivity index (χ0v) is 27.2. The number of anilines is 1. The maximum Gasteiger partial charge on any atom is 0.419 e. The summed E-state index contributed by atoms with van der Waals surface area (Å²) in [7, 11) is 0. The van der Waals surface area contributed by atoms with Gasteiger partial charge in [0.2, 0.25) is 5.91 Å². The highest BCUT2D eigenvalue weighted by Gasteiger charge is 2.34. The third kappa shape index (κ3) is 6.79. The third-order valence-corrected chi connectivity index (χ3v) is 8.10. The van der Waals surface area contributed by atoms with Crippen molar-refractivity contribution in [2.75, 3.05) is 11.5 Å². The Morgan fingerprint density at radius 1 is 1.04 bits per heavy atom. The summed E-state index contributed by atoms with van der Waals surface area (Å²) >= 11 is 0. The fourth-order valence-electron chi connectivity index (χ4n) is 5.86. The number of carbonyl (C=O) groups excluding carboxylic acids is 3. The van der Waals surface area contributed by atoms with Crippen LogP contribution in [-0.2, 0) is 14.3 Å². The van der Waals surface area contributed by atoms with E-state index in [1.165, 1.54) is 4.57 Å². The molecule has 0 unspecified atom stereocenters. The fraction of sp³-hybridized carbons (Fsp3) is 0.457. The molecule has 0 atom stereocenters. The Morgan fingerprint density at radius 2 is 1.76 bits per heavy atom. The maximum absolute atomic E-state index is 13.8. The number of hydrogen-bond donors (Lipinski definition) is 0. The summed E-state index contributed by atoms with van der Waals surface area (Å²) in [6.45, 7) is 13.5. The van der Waals surface area contributed by atoms with Crippen molar-refractivity contribution in [1.82, 2.24) is 19.3 Å². The van der Waals surface area contributed by atoms with Gasteiger partial charge in [0.05, 0.1) is 35.4 Å². The molecule has 10 nitrogen and oxygen atoms in total. The van der Waals surface area contributed by atoms with Crippen LogP contribution in [0.25, 0.3) is 28.0 Å². The Kier molecular flexibility index (Phi) is 9.13. The topological polar surface area (TPSA) is 109 Å². The van der Waals surface area contributed by atoms with Crippen molar-refractivity contribution in [2.45, 2.75) is 85.8 Å². The number of ether oxygens (including phenoxy) is 2. The number of pyridine rings is 1. The van der Waals surface area contributed by atoms with E-state index in [4.69, 9.17) is 14.6 Å². The molecule has 1 aliphatic carbocycles. The largest absolute Gasteiger partial charge is 0.462 e. The van der Waals surface area contributed by atoms with E-state index in [9.17, 15) is 14.4 Å². The Bertz CT molecular complexity index is 1690. The van der Waals surface area contributed by atoms with E-state index in [2.05, 4.69) is 11.9 Å². The number of fused-ring (bicyclic) bond motifs is 1. The lowest BCUT2D eigenvalue weighted by Gasteiger charge is -2.32. The van der Waals surface area contributed by atoms with Crippen molar-refractivity contribution in [1.29, 1.82) is 0 Å². The van der Waals surface area contributed by atoms with Crippen molar-refractivity contribution >= 4 is 34.7 Å². The normalized spacial score (nSPS) is 17.0. The third-order valence-electron chi connectivity index (χ3n) is 8.10. The average Bonchev–Trinajstić information content (AvgIpc) is 3.59. The van der Waals surface area contributed by atoms with E-state index in [1.54, 1.807) is 35.0 Å². The lowest BCUT2D eigenvalue weighted by atomic mass is 9.82. The highest BCUT2D eigenvalue weighted by atomic mass is 16.6. The van der Waals surface area contributed by atoms with Crippen LogP contribution in [0.5, 0.6) is 0 Å². The molecule has 0 aliphatic heterocycles. The molecule has 238 valence electrons. The molecule has 4 aromatic rings. The van der Waals surface area contributed by atoms with Gasteiger partial charge in [0.25, 0.3) is 0 Å². The molecule has 1 fully saturated rings. The minimum absolute atomic E-state index is 0.0175. The van der Waals surface area contributed by atoms with Crippen LogP contribution < -0.4 is 4.90 Å². The van der Waals surface area contributed by atoms with E-state index in [1.807, 2.05) is 71.0 Å². The molecule has 1 aliphatic rings. The number of nitrogens with zero attached hydrogens (tertiary/aromatic N) is 5. The molecule has 1 amide bonds. The van der Waals surface area contributed by atoms with Gasteiger partial charge in [-0.25, -0.2) is 18.8 Å². The Balaban J connectivity index is 1.52. The second kappa shape index (κ2) is 12.9. The standard InChI is InChI=1S/C35H43N5O5/c1-8-44-33(42)27-21-38(37-31(27)39(22(2)3)32(41)24-15-13-23(4)14-16-24)26-17-18-28(36-20-26)30-19-25-11-9-10-12-29(25)40(30)34(43)45-35(5,6)7/h9-12,17-24H,8,13-16H2,1-7H3. The van der Waals surface area contributed by atoms with Gasteiger partial charge >= 0.3 is 12.1 Å². The van der Waals surface area contributed by atoms with E-state index in [-0.39, 0.29) is 35.9 Å². The van der Waals surface area contributed by atoms with Crippen LogP contribution in [0.1, 0.15) is 84.5 Å². The van der Waals surface area contributed by atoms with Gasteiger partial charge < -0.3 is 9.47 Å². The number of para-hydroxylation sites is 1. The lowest BCUT2D eigenvalue weighted by molar-refractivity contribution is -0.124. The quantitative estimate of drug-likeness (QED) is 0.200. The second-order valence-electron chi connectivity index (χ2n) is 13.1. The first-order valence-electron chi connectivity index (χ1n) is 15.8. The molecule has 10 heteroatoms. The van der Waals surface area contributed by atoms with E-state index in [0.29, 0.717) is 28.5 Å². The van der Waals surface area contributed by atoms with Gasteiger partial charge in [-0.2, -0.15) is 0 Å². The smallest absolute Gasteiger partial charge is 0.419 e. The molecular formula is C35H43N5O5. The zero-order chi connectivity index (χ0) is 32.5. The molecule has 0 N–H and O–H groups in total. The fourth-order valence-corrected chi connectivity index (χ4v) is 5.86. The lowest BCUT2D eigenvalue weighted by Crippen LogP contribution is -2.43. The first kappa shape index (κ1) is 31.9. The zero-order valence-electron chi connectivity index (χ0n) is 27.2. The molecule has 0 saturated heterocycles. The van der Waals surface area contributed by atoms with Gasteiger partial charge in [0.1, 0.15) is 11.2 Å². The summed E-state index contributed by atoms with van der Waals surface area (Å²) in [5, 5.41) is 5.64. The van der Waals surface area contributed by atoms with Crippen molar-refractivity contribution in [3.05, 3.63) is 60.4 Å². The van der Waals surface area contributed by atoms with Crippen LogP contribution in [0.2, 0.25) is 0 Å². The minimum atomic E-state index is -0.674. The highest BCUT2D eigenvalue weighted by Crippen LogP contribution is 2.33. The molecule has 5 rings (SSSR count). The predicted molar refractivity (Wildman–Crippen MR) is 174 cm³/mol. The molecule has 3 aromatic heterocycles. The molecule has 0 bridgehead atoms. The molecule has 3 heterocycles. The predicted octanol–water partition coefficient (Wildman–Crippen LogP) is 7.42. The van der Waals surface area contributed by atoms with Crippen LogP contribution in [0, 0.1) is 11.8 Å². The van der Waals surface area contributed by atoms with Crippen molar-refractivity contribution in [3.63, 3.8) is 0 Å². The number of hydrogen-bond acceptors (Lipinski definition) is 7. The van der Waals surface area contributed by atoms with Gasteiger partial charge in [0.15, 0.2) is 5.82 Å². The van der Waals surface area contributed by atoms with Gasteiger partial charge in [-0.3, -0.25) is 14.7 Å². The van der Waals surface area contributed by atoms with Crippen molar-refractivity contribution in [2.24, 2.45) is 11.8 Å². The number of rotatable bonds is 7. The van der Waals surface area contributed by atoms with Gasteiger partial charge in [0, 0.05) is 23.5 Å². The summed E-state index contributed by atoms with van der Waals surface area (Å²) in [5.74, 6) is 0.219. The molecular weight excluding hydrogens is 570 g/mol. The number of esters is 1. The first-order valence-corrected chi connectivity index (χ1v) is 15.8. The van der Waals surface area contributed by atoms with Crippen LogP contribution >= 0.6 is 0 Å². The van der Waals surface area contributed by atoms with E-state index in [0.717, 1.165) is 31.1 Å². The summed E-state index contributed by atoms with van der Waals surface area (Å²) in [5.41, 5.74) is 1.99. The Hall–Kier alpha value is -4.47. The number of benzene rings is 1. The summed E-state index contributed by atoms with van der Waals surface area (Å²) < 4.78 is 14.2. The second-order valence-corrected chi connectivity index (χ2v) is 13.1. The van der Waals surface area contributed by atoms with Crippen LogP contribution in [-0.4, -0.2) is 55.6 Å². The first-order chi connectivity index (χ1) is 21.4. The van der Waals surface area contributed by atoms with Crippen LogP contribution in [0.15, 0.2) is 54.9 Å². The average molecular weight is 614 g/mol. The minimum Gasteiger partial charge on any atom is -0.462 e. The highest BCUT2D eigenvalue weighted by molar-refractivity contribution is 6.02. The van der Waals surface area contributed by atoms with E-state index < -0.39 is 17.7 Å². The summed E-state index contributed by atoms with van der Waals surface area (Å²) in [6, 6.07) is 12.9. The molecule has 1 aromatic carbocycles. The van der Waals surface area contributed by atoms with Gasteiger partial charge in [-0.1, -0.05) is 25.1 Å².